The molecule has 0 aliphatic rings. The van der Waals surface area contributed by atoms with Crippen molar-refractivity contribution in [2.75, 3.05) is 13.7 Å². The van der Waals surface area contributed by atoms with Crippen LogP contribution in [0.2, 0.25) is 0 Å². The third-order valence-electron chi connectivity index (χ3n) is 3.22. The highest BCUT2D eigenvalue weighted by atomic mass is 19.3. The maximum Gasteiger partial charge on any atom is 0.359 e. The fraction of sp³-hybridized carbons (Fsp3) is 0.222. The highest BCUT2D eigenvalue weighted by molar-refractivity contribution is 6.39. The van der Waals surface area contributed by atoms with Gasteiger partial charge in [0.05, 0.1) is 19.4 Å². The average molecular weight is 333 g/mol. The van der Waals surface area contributed by atoms with Gasteiger partial charge in [0.25, 0.3) is 0 Å². The maximum atomic E-state index is 14.8. The average Bonchev–Trinajstić information content (AvgIpc) is 2.61. The molecule has 0 saturated carbocycles. The summed E-state index contributed by atoms with van der Waals surface area (Å²) in [5.74, 6) is -4.17. The first-order valence-corrected chi connectivity index (χ1v) is 7.32. The molecule has 2 aromatic carbocycles. The molecular formula is C18H17F2NO3. The molecule has 0 bridgehead atoms. The van der Waals surface area contributed by atoms with Crippen LogP contribution < -0.4 is 4.74 Å². The number of alkyl halides is 2. The van der Waals surface area contributed by atoms with Gasteiger partial charge < -0.3 is 9.47 Å². The van der Waals surface area contributed by atoms with Gasteiger partial charge in [-0.25, -0.2) is 9.79 Å². The van der Waals surface area contributed by atoms with Crippen molar-refractivity contribution >= 4 is 17.4 Å². The zero-order valence-electron chi connectivity index (χ0n) is 13.3. The molecule has 6 heteroatoms. The molecule has 2 rings (SSSR count). The second-order valence-corrected chi connectivity index (χ2v) is 4.82. The Morgan fingerprint density at radius 1 is 1.08 bits per heavy atom. The molecule has 0 aliphatic carbocycles. The fourth-order valence-electron chi connectivity index (χ4n) is 2.01. The summed E-state index contributed by atoms with van der Waals surface area (Å²) in [6.45, 7) is 1.52. The quantitative estimate of drug-likeness (QED) is 0.590. The number of nitrogens with zero attached hydrogens (tertiary/aromatic N) is 1. The SMILES string of the molecule is CCOC(=O)C(=Nc1ccc(OC)cc1)C(F)(F)c1ccccc1. The number of hydrogen-bond acceptors (Lipinski definition) is 4. The summed E-state index contributed by atoms with van der Waals surface area (Å²) in [5.41, 5.74) is -1.08. The van der Waals surface area contributed by atoms with E-state index >= 15 is 0 Å². The second-order valence-electron chi connectivity index (χ2n) is 4.82. The molecule has 0 amide bonds. The van der Waals surface area contributed by atoms with E-state index in [4.69, 9.17) is 9.47 Å². The van der Waals surface area contributed by atoms with Crippen LogP contribution in [0, 0.1) is 0 Å². The molecule has 0 radical (unpaired) electrons. The van der Waals surface area contributed by atoms with Crippen LogP contribution in [0.3, 0.4) is 0 Å². The normalized spacial score (nSPS) is 11.9. The van der Waals surface area contributed by atoms with Gasteiger partial charge in [-0.05, 0) is 31.2 Å². The third kappa shape index (κ3) is 3.95. The van der Waals surface area contributed by atoms with Crippen molar-refractivity contribution in [3.63, 3.8) is 0 Å². The Morgan fingerprint density at radius 2 is 1.71 bits per heavy atom. The van der Waals surface area contributed by atoms with Crippen LogP contribution in [0.5, 0.6) is 5.75 Å². The van der Waals surface area contributed by atoms with Crippen molar-refractivity contribution in [2.45, 2.75) is 12.8 Å². The van der Waals surface area contributed by atoms with E-state index in [1.54, 1.807) is 25.1 Å². The number of aliphatic imine (C=N–C) groups is 1. The minimum absolute atomic E-state index is 0.0225. The summed E-state index contributed by atoms with van der Waals surface area (Å²) in [5, 5.41) is 0. The lowest BCUT2D eigenvalue weighted by Gasteiger charge is -2.18. The van der Waals surface area contributed by atoms with Gasteiger partial charge in [0.2, 0.25) is 0 Å². The standard InChI is InChI=1S/C18H17F2NO3/c1-3-24-17(22)16(18(19,20)13-7-5-4-6-8-13)21-14-9-11-15(23-2)12-10-14/h4-12H,3H2,1-2H3. The van der Waals surface area contributed by atoms with E-state index in [-0.39, 0.29) is 17.9 Å². The van der Waals surface area contributed by atoms with Crippen LogP contribution in [-0.2, 0) is 15.5 Å². The number of carbonyl (C=O) groups excluding carboxylic acids is 1. The number of hydrogen-bond donors (Lipinski definition) is 0. The van der Waals surface area contributed by atoms with E-state index < -0.39 is 17.6 Å². The first-order valence-electron chi connectivity index (χ1n) is 7.32. The Balaban J connectivity index is 2.47. The summed E-state index contributed by atoms with van der Waals surface area (Å²) in [4.78, 5) is 15.9. The zero-order valence-corrected chi connectivity index (χ0v) is 13.3. The summed E-state index contributed by atoms with van der Waals surface area (Å²) in [6, 6.07) is 13.2. The molecule has 0 aromatic heterocycles. The molecule has 0 spiro atoms. The van der Waals surface area contributed by atoms with Gasteiger partial charge in [0.1, 0.15) is 5.75 Å². The first kappa shape index (κ1) is 17.6. The molecular weight excluding hydrogens is 316 g/mol. The molecule has 0 N–H and O–H groups in total. The van der Waals surface area contributed by atoms with Crippen LogP contribution in [0.25, 0.3) is 0 Å². The Labute approximate surface area is 138 Å². The van der Waals surface area contributed by atoms with Gasteiger partial charge in [0.15, 0.2) is 5.71 Å². The fourth-order valence-corrected chi connectivity index (χ4v) is 2.01. The van der Waals surface area contributed by atoms with Crippen molar-refractivity contribution in [3.8, 4) is 5.75 Å². The van der Waals surface area contributed by atoms with E-state index in [0.29, 0.717) is 5.75 Å². The molecule has 0 saturated heterocycles. The molecule has 4 nitrogen and oxygen atoms in total. The van der Waals surface area contributed by atoms with Crippen LogP contribution in [0.4, 0.5) is 14.5 Å². The zero-order chi connectivity index (χ0) is 17.6. The number of benzene rings is 2. The van der Waals surface area contributed by atoms with Crippen molar-refractivity contribution in [1.29, 1.82) is 0 Å². The lowest BCUT2D eigenvalue weighted by atomic mass is 10.0. The van der Waals surface area contributed by atoms with Crippen molar-refractivity contribution < 1.29 is 23.0 Å². The van der Waals surface area contributed by atoms with Crippen LogP contribution in [0.1, 0.15) is 12.5 Å². The number of esters is 1. The minimum atomic E-state index is -3.58. The van der Waals surface area contributed by atoms with Crippen molar-refractivity contribution in [2.24, 2.45) is 4.99 Å². The van der Waals surface area contributed by atoms with Gasteiger partial charge in [-0.15, -0.1) is 0 Å². The molecule has 0 unspecified atom stereocenters. The number of halogens is 2. The van der Waals surface area contributed by atoms with E-state index in [0.717, 1.165) is 0 Å². The van der Waals surface area contributed by atoms with E-state index in [2.05, 4.69) is 4.99 Å². The van der Waals surface area contributed by atoms with E-state index in [9.17, 15) is 13.6 Å². The highest BCUT2D eigenvalue weighted by Gasteiger charge is 2.43. The predicted molar refractivity (Wildman–Crippen MR) is 87.1 cm³/mol. The lowest BCUT2D eigenvalue weighted by molar-refractivity contribution is -0.136. The predicted octanol–water partition coefficient (Wildman–Crippen LogP) is 4.12. The summed E-state index contributed by atoms with van der Waals surface area (Å²) in [7, 11) is 1.49. The minimum Gasteiger partial charge on any atom is -0.497 e. The number of methoxy groups -OCH3 is 1. The highest BCUT2D eigenvalue weighted by Crippen LogP contribution is 2.32. The van der Waals surface area contributed by atoms with Crippen LogP contribution in [-0.4, -0.2) is 25.4 Å². The largest absolute Gasteiger partial charge is 0.497 e. The Bertz CT molecular complexity index is 713. The third-order valence-corrected chi connectivity index (χ3v) is 3.22. The van der Waals surface area contributed by atoms with Crippen LogP contribution >= 0.6 is 0 Å². The molecule has 0 heterocycles. The Hall–Kier alpha value is -2.76. The first-order chi connectivity index (χ1) is 11.5. The molecule has 2 aromatic rings. The topological polar surface area (TPSA) is 47.9 Å². The number of rotatable bonds is 6. The summed E-state index contributed by atoms with van der Waals surface area (Å²) in [6.07, 6.45) is 0. The summed E-state index contributed by atoms with van der Waals surface area (Å²) >= 11 is 0. The molecule has 0 atom stereocenters. The molecule has 126 valence electrons. The smallest absolute Gasteiger partial charge is 0.359 e. The number of ether oxygens (including phenoxy) is 2. The van der Waals surface area contributed by atoms with Crippen molar-refractivity contribution in [1.82, 2.24) is 0 Å². The number of carbonyl (C=O) groups is 1. The monoisotopic (exact) mass is 333 g/mol. The van der Waals surface area contributed by atoms with Crippen molar-refractivity contribution in [3.05, 3.63) is 60.2 Å². The summed E-state index contributed by atoms with van der Waals surface area (Å²) < 4.78 is 39.3. The maximum absolute atomic E-state index is 14.8. The Morgan fingerprint density at radius 3 is 2.25 bits per heavy atom. The van der Waals surface area contributed by atoms with E-state index in [1.807, 2.05) is 0 Å². The van der Waals surface area contributed by atoms with Gasteiger partial charge in [-0.2, -0.15) is 8.78 Å². The Kier molecular flexibility index (Phi) is 5.63. The van der Waals surface area contributed by atoms with Crippen LogP contribution in [0.15, 0.2) is 59.6 Å². The van der Waals surface area contributed by atoms with Gasteiger partial charge >= 0.3 is 11.9 Å². The second kappa shape index (κ2) is 7.68. The molecule has 0 aliphatic heterocycles. The van der Waals surface area contributed by atoms with Gasteiger partial charge in [-0.3, -0.25) is 0 Å². The lowest BCUT2D eigenvalue weighted by Crippen LogP contribution is -2.34. The van der Waals surface area contributed by atoms with Gasteiger partial charge in [0, 0.05) is 5.56 Å². The molecule has 0 fully saturated rings. The van der Waals surface area contributed by atoms with E-state index in [1.165, 1.54) is 43.5 Å². The molecule has 24 heavy (non-hydrogen) atoms. The van der Waals surface area contributed by atoms with Gasteiger partial charge in [-0.1, -0.05) is 30.3 Å².